The molecular weight excluding hydrogens is 426 g/mol. The molecule has 5 rings (SSSR count). The van der Waals surface area contributed by atoms with Crippen molar-refractivity contribution in [2.45, 2.75) is 32.7 Å². The summed E-state index contributed by atoms with van der Waals surface area (Å²) in [6.07, 6.45) is 2.03. The fourth-order valence-electron chi connectivity index (χ4n) is 3.90. The Balaban J connectivity index is 1.65. The van der Waals surface area contributed by atoms with E-state index in [1.165, 1.54) is 16.2 Å². The monoisotopic (exact) mass is 447 g/mol. The minimum absolute atomic E-state index is 0.0508. The number of unbranched alkanes of at least 4 members (excludes halogenated alkanes) is 1. The van der Waals surface area contributed by atoms with Gasteiger partial charge in [0.15, 0.2) is 5.43 Å². The Labute approximate surface area is 188 Å². The molecule has 0 spiro atoms. The van der Waals surface area contributed by atoms with Crippen molar-refractivity contribution in [1.29, 1.82) is 0 Å². The third-order valence-corrected chi connectivity index (χ3v) is 6.30. The van der Waals surface area contributed by atoms with Crippen LogP contribution in [0.5, 0.6) is 5.75 Å². The van der Waals surface area contributed by atoms with E-state index in [0.717, 1.165) is 29.2 Å². The molecule has 1 amide bonds. The van der Waals surface area contributed by atoms with Crippen LogP contribution in [0, 0.1) is 6.92 Å². The topological polar surface area (TPSA) is 85.5 Å². The third-order valence-electron chi connectivity index (χ3n) is 5.46. The lowest BCUT2D eigenvalue weighted by molar-refractivity contribution is 0.0970. The molecule has 2 aromatic heterocycles. The van der Waals surface area contributed by atoms with E-state index < -0.39 is 11.9 Å². The van der Waals surface area contributed by atoms with Gasteiger partial charge in [0, 0.05) is 0 Å². The highest BCUT2D eigenvalue weighted by Crippen LogP contribution is 2.42. The molecular formula is C24H21N3O4S. The molecule has 32 heavy (non-hydrogen) atoms. The number of carbonyl (C=O) groups is 1. The van der Waals surface area contributed by atoms with Gasteiger partial charge in [0.2, 0.25) is 10.9 Å². The van der Waals surface area contributed by atoms with Crippen molar-refractivity contribution in [1.82, 2.24) is 10.2 Å². The molecule has 4 aromatic rings. The molecule has 0 aliphatic carbocycles. The van der Waals surface area contributed by atoms with E-state index in [2.05, 4.69) is 17.1 Å². The SMILES string of the molecule is CCCCOc1ccc(C2c3c(oc4ccccc4c3=O)C(=O)N2c2nnc(C)s2)cc1. The Morgan fingerprint density at radius 2 is 1.88 bits per heavy atom. The van der Waals surface area contributed by atoms with E-state index in [4.69, 9.17) is 9.15 Å². The number of amides is 1. The highest BCUT2D eigenvalue weighted by atomic mass is 32.1. The van der Waals surface area contributed by atoms with Gasteiger partial charge in [0.25, 0.3) is 5.91 Å². The molecule has 8 heteroatoms. The predicted octanol–water partition coefficient (Wildman–Crippen LogP) is 4.88. The quantitative estimate of drug-likeness (QED) is 0.392. The molecule has 1 aliphatic rings. The Hall–Kier alpha value is -3.52. The van der Waals surface area contributed by atoms with Crippen molar-refractivity contribution in [3.63, 3.8) is 0 Å². The summed E-state index contributed by atoms with van der Waals surface area (Å²) >= 11 is 1.30. The fraction of sp³-hybridized carbons (Fsp3) is 0.250. The van der Waals surface area contributed by atoms with Gasteiger partial charge >= 0.3 is 0 Å². The van der Waals surface area contributed by atoms with Gasteiger partial charge in [-0.05, 0) is 43.2 Å². The standard InChI is InChI=1S/C24H21N3O4S/c1-3-4-13-30-16-11-9-15(10-12-16)20-19-21(28)17-7-5-6-8-18(17)31-22(19)23(29)27(20)24-26-25-14(2)32-24/h5-12,20H,3-4,13H2,1-2H3. The van der Waals surface area contributed by atoms with E-state index >= 15 is 0 Å². The van der Waals surface area contributed by atoms with Gasteiger partial charge in [-0.15, -0.1) is 10.2 Å². The maximum atomic E-state index is 13.5. The summed E-state index contributed by atoms with van der Waals surface area (Å²) in [6, 6.07) is 13.8. The van der Waals surface area contributed by atoms with Gasteiger partial charge in [-0.25, -0.2) is 0 Å². The largest absolute Gasteiger partial charge is 0.494 e. The zero-order chi connectivity index (χ0) is 22.2. The molecule has 1 aliphatic heterocycles. The first-order valence-electron chi connectivity index (χ1n) is 10.5. The fourth-order valence-corrected chi connectivity index (χ4v) is 4.61. The number of rotatable bonds is 6. The van der Waals surface area contributed by atoms with Gasteiger partial charge in [-0.2, -0.15) is 0 Å². The minimum Gasteiger partial charge on any atom is -0.494 e. The minimum atomic E-state index is -0.657. The molecule has 3 heterocycles. The number of ether oxygens (including phenoxy) is 1. The summed E-state index contributed by atoms with van der Waals surface area (Å²) in [5, 5.41) is 9.84. The highest BCUT2D eigenvalue weighted by molar-refractivity contribution is 7.15. The summed E-state index contributed by atoms with van der Waals surface area (Å²) in [5.41, 5.74) is 1.27. The van der Waals surface area contributed by atoms with Crippen LogP contribution in [0.15, 0.2) is 57.7 Å². The van der Waals surface area contributed by atoms with E-state index in [0.29, 0.717) is 28.3 Å². The van der Waals surface area contributed by atoms with Crippen LogP contribution in [0.4, 0.5) is 5.13 Å². The smallest absolute Gasteiger partial charge is 0.297 e. The highest BCUT2D eigenvalue weighted by Gasteiger charge is 2.45. The number of carbonyl (C=O) groups excluding carboxylic acids is 1. The van der Waals surface area contributed by atoms with Gasteiger partial charge in [0.05, 0.1) is 23.6 Å². The van der Waals surface area contributed by atoms with Crippen LogP contribution in [0.2, 0.25) is 0 Å². The number of hydrogen-bond acceptors (Lipinski definition) is 7. The van der Waals surface area contributed by atoms with E-state index in [-0.39, 0.29) is 11.2 Å². The van der Waals surface area contributed by atoms with Crippen LogP contribution in [-0.2, 0) is 0 Å². The van der Waals surface area contributed by atoms with Crippen molar-refractivity contribution in [3.05, 3.63) is 80.6 Å². The maximum absolute atomic E-state index is 13.5. The number of hydrogen-bond donors (Lipinski definition) is 0. The Bertz CT molecular complexity index is 1360. The number of aromatic nitrogens is 2. The first-order valence-corrected chi connectivity index (χ1v) is 11.3. The predicted molar refractivity (Wildman–Crippen MR) is 123 cm³/mol. The Kier molecular flexibility index (Phi) is 5.22. The molecule has 1 atom stereocenters. The summed E-state index contributed by atoms with van der Waals surface area (Å²) in [4.78, 5) is 28.4. The normalized spacial score (nSPS) is 15.4. The number of anilines is 1. The number of fused-ring (bicyclic) bond motifs is 2. The van der Waals surface area contributed by atoms with Crippen molar-refractivity contribution < 1.29 is 13.9 Å². The van der Waals surface area contributed by atoms with Gasteiger partial charge in [-0.3, -0.25) is 14.5 Å². The number of aryl methyl sites for hydroxylation is 1. The van der Waals surface area contributed by atoms with Crippen molar-refractivity contribution in [2.24, 2.45) is 0 Å². The lowest BCUT2D eigenvalue weighted by Gasteiger charge is -2.22. The average molecular weight is 448 g/mol. The lowest BCUT2D eigenvalue weighted by Crippen LogP contribution is -2.29. The van der Waals surface area contributed by atoms with Crippen LogP contribution in [-0.4, -0.2) is 22.7 Å². The molecule has 1 unspecified atom stereocenters. The van der Waals surface area contributed by atoms with Crippen LogP contribution in [0.1, 0.15) is 52.5 Å². The van der Waals surface area contributed by atoms with Crippen LogP contribution >= 0.6 is 11.3 Å². The third kappa shape index (κ3) is 3.36. The van der Waals surface area contributed by atoms with Crippen molar-refractivity contribution >= 4 is 33.3 Å². The average Bonchev–Trinajstić information content (AvgIpc) is 3.36. The number of benzene rings is 2. The maximum Gasteiger partial charge on any atom is 0.297 e. The zero-order valence-corrected chi connectivity index (χ0v) is 18.5. The molecule has 0 saturated carbocycles. The van der Waals surface area contributed by atoms with E-state index in [1.807, 2.05) is 31.2 Å². The van der Waals surface area contributed by atoms with Gasteiger partial charge in [-0.1, -0.05) is 48.9 Å². The first kappa shape index (κ1) is 20.4. The lowest BCUT2D eigenvalue weighted by atomic mass is 9.98. The molecule has 0 radical (unpaired) electrons. The second kappa shape index (κ2) is 8.20. The van der Waals surface area contributed by atoms with Crippen LogP contribution < -0.4 is 15.1 Å². The summed E-state index contributed by atoms with van der Waals surface area (Å²) in [5.74, 6) is 0.401. The molecule has 2 aromatic carbocycles. The molecule has 162 valence electrons. The Morgan fingerprint density at radius 3 is 2.59 bits per heavy atom. The second-order valence-electron chi connectivity index (χ2n) is 7.62. The zero-order valence-electron chi connectivity index (χ0n) is 17.7. The summed E-state index contributed by atoms with van der Waals surface area (Å²) in [6.45, 7) is 4.58. The van der Waals surface area contributed by atoms with Crippen LogP contribution in [0.3, 0.4) is 0 Å². The van der Waals surface area contributed by atoms with Crippen molar-refractivity contribution in [3.8, 4) is 5.75 Å². The molecule has 0 N–H and O–H groups in total. The summed E-state index contributed by atoms with van der Waals surface area (Å²) in [7, 11) is 0. The molecule has 0 bridgehead atoms. The molecule has 7 nitrogen and oxygen atoms in total. The number of nitrogens with zero attached hydrogens (tertiary/aromatic N) is 3. The summed E-state index contributed by atoms with van der Waals surface area (Å²) < 4.78 is 11.7. The first-order chi connectivity index (χ1) is 15.6. The second-order valence-corrected chi connectivity index (χ2v) is 8.78. The van der Waals surface area contributed by atoms with Crippen LogP contribution in [0.25, 0.3) is 11.0 Å². The van der Waals surface area contributed by atoms with E-state index in [9.17, 15) is 9.59 Å². The van der Waals surface area contributed by atoms with Gasteiger partial charge in [0.1, 0.15) is 16.3 Å². The molecule has 0 saturated heterocycles. The van der Waals surface area contributed by atoms with Gasteiger partial charge < -0.3 is 9.15 Å². The number of para-hydroxylation sites is 1. The molecule has 0 fully saturated rings. The Morgan fingerprint density at radius 1 is 1.09 bits per heavy atom. The van der Waals surface area contributed by atoms with E-state index in [1.54, 1.807) is 24.3 Å². The van der Waals surface area contributed by atoms with Crippen molar-refractivity contribution in [2.75, 3.05) is 11.5 Å².